The molecule has 0 fully saturated rings. The fourth-order valence-corrected chi connectivity index (χ4v) is 1.64. The Bertz CT molecular complexity index is 409. The second-order valence-electron chi connectivity index (χ2n) is 4.30. The van der Waals surface area contributed by atoms with Crippen molar-refractivity contribution in [3.05, 3.63) is 35.1 Å². The van der Waals surface area contributed by atoms with Crippen LogP contribution in [0.3, 0.4) is 0 Å². The molecule has 100 valence electrons. The van der Waals surface area contributed by atoms with Crippen LogP contribution in [0.15, 0.2) is 18.2 Å². The summed E-state index contributed by atoms with van der Waals surface area (Å²) in [7, 11) is 1.63. The van der Waals surface area contributed by atoms with Crippen molar-refractivity contribution in [2.24, 2.45) is 5.92 Å². The molecule has 0 spiro atoms. The average Bonchev–Trinajstić information content (AvgIpc) is 2.31. The van der Waals surface area contributed by atoms with Gasteiger partial charge in [0.1, 0.15) is 5.82 Å². The molecule has 0 aromatic heterocycles. The van der Waals surface area contributed by atoms with Crippen LogP contribution in [0.25, 0.3) is 0 Å². The van der Waals surface area contributed by atoms with Crippen LogP contribution in [0.2, 0.25) is 0 Å². The van der Waals surface area contributed by atoms with Crippen LogP contribution >= 0.6 is 0 Å². The van der Waals surface area contributed by atoms with Gasteiger partial charge in [0.2, 0.25) is 0 Å². The van der Waals surface area contributed by atoms with E-state index in [0.29, 0.717) is 31.2 Å². The van der Waals surface area contributed by atoms with Gasteiger partial charge in [-0.25, -0.2) is 9.18 Å². The molecule has 1 aromatic rings. The number of halogens is 1. The lowest BCUT2D eigenvalue weighted by Gasteiger charge is -2.12. The Morgan fingerprint density at radius 3 is 2.89 bits per heavy atom. The maximum Gasteiger partial charge on any atom is 0.335 e. The zero-order valence-electron chi connectivity index (χ0n) is 10.6. The van der Waals surface area contributed by atoms with Gasteiger partial charge in [0.15, 0.2) is 0 Å². The van der Waals surface area contributed by atoms with Crippen molar-refractivity contribution in [1.29, 1.82) is 0 Å². The van der Waals surface area contributed by atoms with Crippen molar-refractivity contribution in [3.8, 4) is 0 Å². The Kier molecular flexibility index (Phi) is 5.74. The molecule has 5 heteroatoms. The second-order valence-corrected chi connectivity index (χ2v) is 4.30. The molecule has 1 unspecified atom stereocenters. The molecule has 18 heavy (non-hydrogen) atoms. The van der Waals surface area contributed by atoms with Crippen molar-refractivity contribution >= 4 is 5.97 Å². The Morgan fingerprint density at radius 2 is 2.28 bits per heavy atom. The molecule has 0 aliphatic heterocycles. The first-order valence-electron chi connectivity index (χ1n) is 5.76. The number of methoxy groups -OCH3 is 1. The highest BCUT2D eigenvalue weighted by Gasteiger charge is 2.08. The normalized spacial score (nSPS) is 12.4. The fourth-order valence-electron chi connectivity index (χ4n) is 1.64. The van der Waals surface area contributed by atoms with Crippen molar-refractivity contribution in [3.63, 3.8) is 0 Å². The van der Waals surface area contributed by atoms with E-state index in [1.54, 1.807) is 7.11 Å². The molecule has 1 aromatic carbocycles. The largest absolute Gasteiger partial charge is 0.478 e. The van der Waals surface area contributed by atoms with Gasteiger partial charge < -0.3 is 15.2 Å². The summed E-state index contributed by atoms with van der Waals surface area (Å²) < 4.78 is 18.4. The number of aromatic carboxylic acids is 1. The topological polar surface area (TPSA) is 58.6 Å². The minimum absolute atomic E-state index is 0.0955. The van der Waals surface area contributed by atoms with Gasteiger partial charge in [-0.05, 0) is 24.1 Å². The molecule has 0 aliphatic carbocycles. The fraction of sp³-hybridized carbons (Fsp3) is 0.462. The van der Waals surface area contributed by atoms with E-state index < -0.39 is 11.8 Å². The number of carboxylic acids is 1. The Labute approximate surface area is 106 Å². The maximum absolute atomic E-state index is 13.4. The van der Waals surface area contributed by atoms with Crippen LogP contribution in [-0.4, -0.2) is 31.3 Å². The van der Waals surface area contributed by atoms with E-state index in [4.69, 9.17) is 9.84 Å². The highest BCUT2D eigenvalue weighted by Crippen LogP contribution is 2.10. The molecule has 0 radical (unpaired) electrons. The zero-order valence-corrected chi connectivity index (χ0v) is 10.6. The standard InChI is InChI=1S/C13H18FNO3/c1-9(8-18-2)6-15-7-11-5-10(13(16)17)3-4-12(11)14/h3-5,9,15H,6-8H2,1-2H3,(H,16,17). The van der Waals surface area contributed by atoms with E-state index in [9.17, 15) is 9.18 Å². The van der Waals surface area contributed by atoms with Gasteiger partial charge in [-0.15, -0.1) is 0 Å². The molecule has 1 rings (SSSR count). The van der Waals surface area contributed by atoms with Crippen LogP contribution in [0, 0.1) is 11.7 Å². The van der Waals surface area contributed by atoms with Gasteiger partial charge >= 0.3 is 5.97 Å². The monoisotopic (exact) mass is 255 g/mol. The number of hydrogen-bond donors (Lipinski definition) is 2. The summed E-state index contributed by atoms with van der Waals surface area (Å²) in [6.45, 7) is 3.64. The number of benzene rings is 1. The number of hydrogen-bond acceptors (Lipinski definition) is 3. The first-order chi connectivity index (χ1) is 8.54. The molecule has 4 nitrogen and oxygen atoms in total. The highest BCUT2D eigenvalue weighted by molar-refractivity contribution is 5.87. The van der Waals surface area contributed by atoms with Crippen molar-refractivity contribution in [2.45, 2.75) is 13.5 Å². The SMILES string of the molecule is COCC(C)CNCc1cc(C(=O)O)ccc1F. The number of nitrogens with one attached hydrogen (secondary N) is 1. The zero-order chi connectivity index (χ0) is 13.5. The third-order valence-electron chi connectivity index (χ3n) is 2.55. The van der Waals surface area contributed by atoms with Crippen LogP contribution in [0.1, 0.15) is 22.8 Å². The number of carboxylic acid groups (broad SMARTS) is 1. The van der Waals surface area contributed by atoms with Gasteiger partial charge in [-0.2, -0.15) is 0 Å². The van der Waals surface area contributed by atoms with Crippen LogP contribution in [-0.2, 0) is 11.3 Å². The molecule has 0 heterocycles. The van der Waals surface area contributed by atoms with Gasteiger partial charge in [-0.1, -0.05) is 6.92 Å². The maximum atomic E-state index is 13.4. The van der Waals surface area contributed by atoms with E-state index >= 15 is 0 Å². The summed E-state index contributed by atoms with van der Waals surface area (Å²) in [6, 6.07) is 3.79. The summed E-state index contributed by atoms with van der Waals surface area (Å²) in [5.74, 6) is -1.13. The van der Waals surface area contributed by atoms with Gasteiger partial charge in [0, 0.05) is 32.4 Å². The van der Waals surface area contributed by atoms with E-state index in [1.165, 1.54) is 18.2 Å². The minimum Gasteiger partial charge on any atom is -0.478 e. The van der Waals surface area contributed by atoms with Crippen LogP contribution in [0.4, 0.5) is 4.39 Å². The molecule has 0 bridgehead atoms. The highest BCUT2D eigenvalue weighted by atomic mass is 19.1. The summed E-state index contributed by atoms with van der Waals surface area (Å²) in [5.41, 5.74) is 0.456. The molecule has 0 saturated heterocycles. The van der Waals surface area contributed by atoms with Crippen molar-refractivity contribution < 1.29 is 19.0 Å². The molecule has 1 atom stereocenters. The molecular formula is C13H18FNO3. The van der Waals surface area contributed by atoms with Crippen molar-refractivity contribution in [2.75, 3.05) is 20.3 Å². The molecule has 0 aliphatic rings. The third-order valence-corrected chi connectivity index (χ3v) is 2.55. The van der Waals surface area contributed by atoms with Gasteiger partial charge in [0.25, 0.3) is 0 Å². The number of rotatable bonds is 7. The van der Waals surface area contributed by atoms with E-state index in [0.717, 1.165) is 0 Å². The van der Waals surface area contributed by atoms with Crippen molar-refractivity contribution in [1.82, 2.24) is 5.32 Å². The predicted octanol–water partition coefficient (Wildman–Crippen LogP) is 1.90. The smallest absolute Gasteiger partial charge is 0.335 e. The third kappa shape index (κ3) is 4.43. The minimum atomic E-state index is -1.05. The Morgan fingerprint density at radius 1 is 1.56 bits per heavy atom. The van der Waals surface area contributed by atoms with E-state index in [1.807, 2.05) is 6.92 Å². The second kappa shape index (κ2) is 7.08. The Balaban J connectivity index is 2.56. The first kappa shape index (κ1) is 14.6. The van der Waals surface area contributed by atoms with E-state index in [2.05, 4.69) is 5.32 Å². The van der Waals surface area contributed by atoms with Crippen LogP contribution < -0.4 is 5.32 Å². The van der Waals surface area contributed by atoms with Gasteiger partial charge in [-0.3, -0.25) is 0 Å². The Hall–Kier alpha value is -1.46. The lowest BCUT2D eigenvalue weighted by Crippen LogP contribution is -2.24. The lowest BCUT2D eigenvalue weighted by atomic mass is 10.1. The molecule has 0 amide bonds. The predicted molar refractivity (Wildman–Crippen MR) is 66.1 cm³/mol. The summed E-state index contributed by atoms with van der Waals surface area (Å²) in [6.07, 6.45) is 0. The summed E-state index contributed by atoms with van der Waals surface area (Å²) >= 11 is 0. The number of ether oxygens (including phenoxy) is 1. The molecule has 0 saturated carbocycles. The molecular weight excluding hydrogens is 237 g/mol. The van der Waals surface area contributed by atoms with Crippen LogP contribution in [0.5, 0.6) is 0 Å². The summed E-state index contributed by atoms with van der Waals surface area (Å²) in [4.78, 5) is 10.8. The lowest BCUT2D eigenvalue weighted by molar-refractivity contribution is 0.0696. The van der Waals surface area contributed by atoms with E-state index in [-0.39, 0.29) is 5.56 Å². The first-order valence-corrected chi connectivity index (χ1v) is 5.76. The average molecular weight is 255 g/mol. The molecule has 2 N–H and O–H groups in total. The summed E-state index contributed by atoms with van der Waals surface area (Å²) in [5, 5.41) is 11.9. The quantitative estimate of drug-likeness (QED) is 0.781. The number of carbonyl (C=O) groups is 1. The van der Waals surface area contributed by atoms with Gasteiger partial charge in [0.05, 0.1) is 5.56 Å².